The van der Waals surface area contributed by atoms with Crippen molar-refractivity contribution in [1.82, 2.24) is 25.5 Å². The quantitative estimate of drug-likeness (QED) is 0.686. The molecule has 2 aromatic carbocycles. The van der Waals surface area contributed by atoms with Gasteiger partial charge in [0, 0.05) is 24.7 Å². The Hall–Kier alpha value is -3.69. The first-order valence-corrected chi connectivity index (χ1v) is 7.89. The Bertz CT molecular complexity index is 962. The molecule has 1 heterocycles. The third-order valence-corrected chi connectivity index (χ3v) is 3.56. The van der Waals surface area contributed by atoms with E-state index in [1.54, 1.807) is 24.3 Å². The van der Waals surface area contributed by atoms with Crippen molar-refractivity contribution in [2.75, 3.05) is 11.9 Å². The molecule has 3 aromatic rings. The number of carbonyl (C=O) groups excluding carboxylic acids is 2. The highest BCUT2D eigenvalue weighted by Crippen LogP contribution is 2.13. The van der Waals surface area contributed by atoms with Crippen LogP contribution in [-0.4, -0.2) is 38.6 Å². The zero-order chi connectivity index (χ0) is 19.2. The van der Waals surface area contributed by atoms with E-state index in [0.717, 1.165) is 12.1 Å². The molecular weight excluding hydrogens is 358 g/mol. The third kappa shape index (κ3) is 4.69. The Kier molecular flexibility index (Phi) is 5.45. The summed E-state index contributed by atoms with van der Waals surface area (Å²) in [5.41, 5.74) is 0.910. The van der Waals surface area contributed by atoms with Crippen molar-refractivity contribution in [1.29, 1.82) is 0 Å². The van der Waals surface area contributed by atoms with Crippen molar-refractivity contribution in [3.8, 4) is 5.69 Å². The van der Waals surface area contributed by atoms with Gasteiger partial charge in [0.1, 0.15) is 18.0 Å². The number of rotatable bonds is 6. The largest absolute Gasteiger partial charge is 0.351 e. The second-order valence-electron chi connectivity index (χ2n) is 5.48. The van der Waals surface area contributed by atoms with Crippen LogP contribution < -0.4 is 10.6 Å². The minimum Gasteiger partial charge on any atom is -0.351 e. The molecule has 0 aliphatic carbocycles. The second-order valence-corrected chi connectivity index (χ2v) is 5.48. The van der Waals surface area contributed by atoms with Gasteiger partial charge < -0.3 is 10.6 Å². The van der Waals surface area contributed by atoms with Gasteiger partial charge >= 0.3 is 0 Å². The molecule has 27 heavy (non-hydrogen) atoms. The van der Waals surface area contributed by atoms with Crippen LogP contribution in [0.25, 0.3) is 5.69 Å². The summed E-state index contributed by atoms with van der Waals surface area (Å²) in [6.07, 6.45) is 1.40. The predicted octanol–water partition coefficient (Wildman–Crippen LogP) is 1.70. The Morgan fingerprint density at radius 1 is 1.11 bits per heavy atom. The predicted molar refractivity (Wildman–Crippen MR) is 91.1 cm³/mol. The van der Waals surface area contributed by atoms with Crippen LogP contribution in [-0.2, 0) is 4.79 Å². The minimum atomic E-state index is -0.962. The number of benzene rings is 2. The van der Waals surface area contributed by atoms with Crippen molar-refractivity contribution >= 4 is 17.5 Å². The summed E-state index contributed by atoms with van der Waals surface area (Å²) >= 11 is 0. The van der Waals surface area contributed by atoms with Gasteiger partial charge in [0.15, 0.2) is 0 Å². The number of amides is 2. The smallest absolute Gasteiger partial charge is 0.254 e. The average molecular weight is 372 g/mol. The number of tetrazole rings is 1. The lowest BCUT2D eigenvalue weighted by atomic mass is 10.2. The Labute approximate surface area is 152 Å². The van der Waals surface area contributed by atoms with Gasteiger partial charge in [-0.2, -0.15) is 0 Å². The van der Waals surface area contributed by atoms with Gasteiger partial charge in [0.25, 0.3) is 5.91 Å². The molecule has 8 nitrogen and oxygen atoms in total. The van der Waals surface area contributed by atoms with E-state index in [9.17, 15) is 18.4 Å². The lowest BCUT2D eigenvalue weighted by Crippen LogP contribution is -2.28. The molecule has 10 heteroatoms. The zero-order valence-electron chi connectivity index (χ0n) is 13.9. The van der Waals surface area contributed by atoms with E-state index < -0.39 is 17.5 Å². The van der Waals surface area contributed by atoms with Gasteiger partial charge in [0.05, 0.1) is 11.3 Å². The molecule has 0 saturated heterocycles. The number of halogens is 2. The highest BCUT2D eigenvalue weighted by molar-refractivity contribution is 5.95. The number of nitrogens with one attached hydrogen (secondary N) is 2. The van der Waals surface area contributed by atoms with E-state index in [-0.39, 0.29) is 24.4 Å². The van der Waals surface area contributed by atoms with Crippen LogP contribution in [0.5, 0.6) is 0 Å². The van der Waals surface area contributed by atoms with Crippen LogP contribution in [0.3, 0.4) is 0 Å². The Balaban J connectivity index is 1.51. The molecule has 0 spiro atoms. The normalized spacial score (nSPS) is 10.4. The number of hydrogen-bond donors (Lipinski definition) is 2. The van der Waals surface area contributed by atoms with Crippen molar-refractivity contribution in [3.63, 3.8) is 0 Å². The fraction of sp³-hybridized carbons (Fsp3) is 0.118. The van der Waals surface area contributed by atoms with Gasteiger partial charge in [0.2, 0.25) is 5.91 Å². The highest BCUT2D eigenvalue weighted by atomic mass is 19.1. The van der Waals surface area contributed by atoms with E-state index in [2.05, 4.69) is 26.2 Å². The van der Waals surface area contributed by atoms with Crippen LogP contribution in [0.2, 0.25) is 0 Å². The number of anilines is 1. The van der Waals surface area contributed by atoms with Crippen molar-refractivity contribution in [2.45, 2.75) is 6.42 Å². The summed E-state index contributed by atoms with van der Waals surface area (Å²) in [5.74, 6) is -2.80. The van der Waals surface area contributed by atoms with E-state index in [1.807, 2.05) is 0 Å². The number of carbonyl (C=O) groups is 2. The molecule has 0 aliphatic heterocycles. The Morgan fingerprint density at radius 3 is 2.70 bits per heavy atom. The topological polar surface area (TPSA) is 102 Å². The molecule has 0 radical (unpaired) electrons. The molecule has 138 valence electrons. The first-order valence-electron chi connectivity index (χ1n) is 7.89. The van der Waals surface area contributed by atoms with Crippen LogP contribution in [0.4, 0.5) is 14.5 Å². The van der Waals surface area contributed by atoms with Gasteiger partial charge in [-0.3, -0.25) is 9.59 Å². The van der Waals surface area contributed by atoms with E-state index in [0.29, 0.717) is 17.4 Å². The third-order valence-electron chi connectivity index (χ3n) is 3.56. The van der Waals surface area contributed by atoms with Crippen molar-refractivity contribution in [3.05, 3.63) is 66.0 Å². The van der Waals surface area contributed by atoms with Crippen LogP contribution in [0, 0.1) is 11.6 Å². The minimum absolute atomic E-state index is 0.00578. The molecule has 0 unspecified atom stereocenters. The summed E-state index contributed by atoms with van der Waals surface area (Å²) in [5, 5.41) is 15.9. The standard InChI is InChI=1S/C17H14F2N6O2/c18-11-4-5-14(15(19)8-11)17(27)20-7-6-16(26)22-12-2-1-3-13(9-12)25-10-21-23-24-25/h1-5,8-10H,6-7H2,(H,20,27)(H,22,26). The molecule has 3 rings (SSSR count). The molecule has 0 saturated carbocycles. The van der Waals surface area contributed by atoms with E-state index in [4.69, 9.17) is 0 Å². The van der Waals surface area contributed by atoms with E-state index >= 15 is 0 Å². The van der Waals surface area contributed by atoms with Crippen LogP contribution >= 0.6 is 0 Å². The molecule has 1 aromatic heterocycles. The number of nitrogens with zero attached hydrogens (tertiary/aromatic N) is 4. The SMILES string of the molecule is O=C(CCNC(=O)c1ccc(F)cc1F)Nc1cccc(-n2cnnn2)c1. The molecular formula is C17H14F2N6O2. The second kappa shape index (κ2) is 8.13. The van der Waals surface area contributed by atoms with Gasteiger partial charge in [-0.25, -0.2) is 13.5 Å². The summed E-state index contributed by atoms with van der Waals surface area (Å²) in [4.78, 5) is 23.9. The summed E-state index contributed by atoms with van der Waals surface area (Å²) in [7, 11) is 0. The highest BCUT2D eigenvalue weighted by Gasteiger charge is 2.12. The molecule has 0 atom stereocenters. The molecule has 0 bridgehead atoms. The summed E-state index contributed by atoms with van der Waals surface area (Å²) < 4.78 is 27.8. The molecule has 2 amide bonds. The number of hydrogen-bond acceptors (Lipinski definition) is 5. The van der Waals surface area contributed by atoms with E-state index in [1.165, 1.54) is 11.0 Å². The lowest BCUT2D eigenvalue weighted by molar-refractivity contribution is -0.116. The molecule has 0 fully saturated rings. The fourth-order valence-electron chi connectivity index (χ4n) is 2.29. The molecule has 2 N–H and O–H groups in total. The monoisotopic (exact) mass is 372 g/mol. The van der Waals surface area contributed by atoms with Crippen molar-refractivity contribution in [2.24, 2.45) is 0 Å². The van der Waals surface area contributed by atoms with Crippen LogP contribution in [0.1, 0.15) is 16.8 Å². The maximum Gasteiger partial charge on any atom is 0.254 e. The summed E-state index contributed by atoms with van der Waals surface area (Å²) in [6, 6.07) is 9.53. The lowest BCUT2D eigenvalue weighted by Gasteiger charge is -2.08. The fourth-order valence-corrected chi connectivity index (χ4v) is 2.29. The zero-order valence-corrected chi connectivity index (χ0v) is 13.9. The number of aromatic nitrogens is 4. The summed E-state index contributed by atoms with van der Waals surface area (Å²) in [6.45, 7) is -0.00578. The van der Waals surface area contributed by atoms with Crippen LogP contribution in [0.15, 0.2) is 48.8 Å². The maximum absolute atomic E-state index is 13.5. The first kappa shape index (κ1) is 18.1. The first-order chi connectivity index (χ1) is 13.0. The van der Waals surface area contributed by atoms with Crippen molar-refractivity contribution < 1.29 is 18.4 Å². The Morgan fingerprint density at radius 2 is 1.96 bits per heavy atom. The van der Waals surface area contributed by atoms with Gasteiger partial charge in [-0.15, -0.1) is 5.10 Å². The average Bonchev–Trinajstić information content (AvgIpc) is 3.16. The van der Waals surface area contributed by atoms with Gasteiger partial charge in [-0.1, -0.05) is 6.07 Å². The van der Waals surface area contributed by atoms with Gasteiger partial charge in [-0.05, 0) is 40.8 Å². The molecule has 0 aliphatic rings. The maximum atomic E-state index is 13.5.